The largest absolute Gasteiger partial charge is 0.444 e. The number of hydrogen-bond donors (Lipinski definition) is 2. The van der Waals surface area contributed by atoms with Gasteiger partial charge in [-0.3, -0.25) is 9.63 Å². The number of hydroxylamine groups is 1. The van der Waals surface area contributed by atoms with Gasteiger partial charge in [-0.1, -0.05) is 0 Å². The molecular weight excluding hydrogens is 262 g/mol. The van der Waals surface area contributed by atoms with E-state index in [1.807, 2.05) is 20.8 Å². The Morgan fingerprint density at radius 2 is 2.05 bits per heavy atom. The third-order valence-corrected chi connectivity index (χ3v) is 2.89. The van der Waals surface area contributed by atoms with Crippen LogP contribution in [0.15, 0.2) is 0 Å². The van der Waals surface area contributed by atoms with Crippen LogP contribution in [0.2, 0.25) is 0 Å². The number of hydrogen-bond acceptors (Lipinski definition) is 5. The first kappa shape index (κ1) is 16.7. The lowest BCUT2D eigenvalue weighted by atomic mass is 10.0. The standard InChI is InChI=1S/C13H25N3O4/c1-13(2,3)20-12(18)16-7-5-4-6-10(16)8-15-19-9-11(14)17/h10,15H,4-9H2,1-3H3,(H2,14,17). The maximum absolute atomic E-state index is 12.1. The Labute approximate surface area is 119 Å². The summed E-state index contributed by atoms with van der Waals surface area (Å²) in [5.74, 6) is -0.537. The van der Waals surface area contributed by atoms with Gasteiger partial charge in [0.1, 0.15) is 12.2 Å². The number of nitrogens with two attached hydrogens (primary N) is 1. The maximum Gasteiger partial charge on any atom is 0.410 e. The second kappa shape index (κ2) is 7.44. The molecular formula is C13H25N3O4. The number of rotatable bonds is 5. The van der Waals surface area contributed by atoms with Crippen LogP contribution in [0.5, 0.6) is 0 Å². The number of amides is 2. The van der Waals surface area contributed by atoms with Crippen LogP contribution in [-0.4, -0.2) is 48.2 Å². The summed E-state index contributed by atoms with van der Waals surface area (Å²) in [5.41, 5.74) is 7.15. The third kappa shape index (κ3) is 6.21. The molecule has 0 aromatic rings. The van der Waals surface area contributed by atoms with Gasteiger partial charge in [-0.15, -0.1) is 0 Å². The number of likely N-dealkylation sites (tertiary alicyclic amines) is 1. The molecule has 0 aromatic carbocycles. The molecule has 1 saturated heterocycles. The van der Waals surface area contributed by atoms with Gasteiger partial charge in [-0.25, -0.2) is 4.79 Å². The van der Waals surface area contributed by atoms with Crippen molar-refractivity contribution in [3.05, 3.63) is 0 Å². The normalized spacial score (nSPS) is 19.8. The average Bonchev–Trinajstić information content (AvgIpc) is 2.32. The van der Waals surface area contributed by atoms with E-state index < -0.39 is 11.5 Å². The fraction of sp³-hybridized carbons (Fsp3) is 0.846. The van der Waals surface area contributed by atoms with Crippen LogP contribution in [0.3, 0.4) is 0 Å². The average molecular weight is 287 g/mol. The van der Waals surface area contributed by atoms with E-state index in [9.17, 15) is 9.59 Å². The van der Waals surface area contributed by atoms with E-state index in [0.29, 0.717) is 13.1 Å². The van der Waals surface area contributed by atoms with E-state index in [-0.39, 0.29) is 18.7 Å². The van der Waals surface area contributed by atoms with Crippen LogP contribution in [0.25, 0.3) is 0 Å². The monoisotopic (exact) mass is 287 g/mol. The molecule has 1 aliphatic rings. The zero-order valence-corrected chi connectivity index (χ0v) is 12.5. The minimum atomic E-state index is -0.537. The molecule has 1 atom stereocenters. The third-order valence-electron chi connectivity index (χ3n) is 2.89. The van der Waals surface area contributed by atoms with E-state index in [2.05, 4.69) is 5.48 Å². The SMILES string of the molecule is CC(C)(C)OC(=O)N1CCCCC1CNOCC(N)=O. The summed E-state index contributed by atoms with van der Waals surface area (Å²) in [5, 5.41) is 0. The van der Waals surface area contributed by atoms with Crippen molar-refractivity contribution in [3.8, 4) is 0 Å². The number of carbonyl (C=O) groups excluding carboxylic acids is 2. The number of carbonyl (C=O) groups is 2. The van der Waals surface area contributed by atoms with E-state index in [0.717, 1.165) is 19.3 Å². The summed E-state index contributed by atoms with van der Waals surface area (Å²) in [7, 11) is 0. The first-order chi connectivity index (χ1) is 9.29. The van der Waals surface area contributed by atoms with Gasteiger partial charge in [0, 0.05) is 19.1 Å². The van der Waals surface area contributed by atoms with Gasteiger partial charge >= 0.3 is 6.09 Å². The molecule has 0 radical (unpaired) electrons. The molecule has 0 saturated carbocycles. The Morgan fingerprint density at radius 3 is 2.65 bits per heavy atom. The van der Waals surface area contributed by atoms with E-state index in [1.165, 1.54) is 0 Å². The zero-order valence-electron chi connectivity index (χ0n) is 12.5. The molecule has 1 rings (SSSR count). The van der Waals surface area contributed by atoms with E-state index in [4.69, 9.17) is 15.3 Å². The highest BCUT2D eigenvalue weighted by Gasteiger charge is 2.30. The van der Waals surface area contributed by atoms with Crippen molar-refractivity contribution >= 4 is 12.0 Å². The number of primary amides is 1. The Morgan fingerprint density at radius 1 is 1.35 bits per heavy atom. The maximum atomic E-state index is 12.1. The van der Waals surface area contributed by atoms with Crippen molar-refractivity contribution in [2.24, 2.45) is 5.73 Å². The van der Waals surface area contributed by atoms with Crippen LogP contribution < -0.4 is 11.2 Å². The van der Waals surface area contributed by atoms with Crippen LogP contribution >= 0.6 is 0 Å². The summed E-state index contributed by atoms with van der Waals surface area (Å²) < 4.78 is 5.40. The van der Waals surface area contributed by atoms with Crippen molar-refractivity contribution in [2.45, 2.75) is 51.7 Å². The molecule has 0 spiro atoms. The molecule has 116 valence electrons. The van der Waals surface area contributed by atoms with Crippen molar-refractivity contribution in [2.75, 3.05) is 19.7 Å². The van der Waals surface area contributed by atoms with Crippen molar-refractivity contribution in [1.82, 2.24) is 10.4 Å². The van der Waals surface area contributed by atoms with Crippen LogP contribution in [0, 0.1) is 0 Å². The lowest BCUT2D eigenvalue weighted by molar-refractivity contribution is -0.125. The predicted octanol–water partition coefficient (Wildman–Crippen LogP) is 0.783. The van der Waals surface area contributed by atoms with Crippen molar-refractivity contribution in [1.29, 1.82) is 0 Å². The molecule has 20 heavy (non-hydrogen) atoms. The predicted molar refractivity (Wildman–Crippen MR) is 73.7 cm³/mol. The smallest absolute Gasteiger partial charge is 0.410 e. The molecule has 0 aliphatic carbocycles. The highest BCUT2D eigenvalue weighted by atomic mass is 16.6. The molecule has 7 nitrogen and oxygen atoms in total. The minimum absolute atomic E-state index is 0.00600. The summed E-state index contributed by atoms with van der Waals surface area (Å²) in [6.07, 6.45) is 2.60. The van der Waals surface area contributed by atoms with Gasteiger partial charge in [0.05, 0.1) is 0 Å². The van der Waals surface area contributed by atoms with Gasteiger partial charge in [0.15, 0.2) is 0 Å². The number of ether oxygens (including phenoxy) is 1. The molecule has 1 unspecified atom stereocenters. The van der Waals surface area contributed by atoms with Crippen LogP contribution in [0.1, 0.15) is 40.0 Å². The van der Waals surface area contributed by atoms with Crippen molar-refractivity contribution < 1.29 is 19.2 Å². The molecule has 2 amide bonds. The summed E-state index contributed by atoms with van der Waals surface area (Å²) in [6, 6.07) is 0.00600. The highest BCUT2D eigenvalue weighted by molar-refractivity contribution is 5.74. The van der Waals surface area contributed by atoms with Gasteiger partial charge in [-0.2, -0.15) is 5.48 Å². The lowest BCUT2D eigenvalue weighted by Crippen LogP contribution is -2.50. The molecule has 1 aliphatic heterocycles. The Balaban J connectivity index is 2.45. The molecule has 1 heterocycles. The molecule has 3 N–H and O–H groups in total. The van der Waals surface area contributed by atoms with Gasteiger partial charge in [0.2, 0.25) is 5.91 Å². The summed E-state index contributed by atoms with van der Waals surface area (Å²) in [6.45, 7) is 6.48. The molecule has 0 bridgehead atoms. The second-order valence-corrected chi connectivity index (χ2v) is 5.93. The molecule has 0 aromatic heterocycles. The Kier molecular flexibility index (Phi) is 6.22. The van der Waals surface area contributed by atoms with Gasteiger partial charge in [-0.05, 0) is 40.0 Å². The Bertz CT molecular complexity index is 341. The number of nitrogens with zero attached hydrogens (tertiary/aromatic N) is 1. The quantitative estimate of drug-likeness (QED) is 0.576. The van der Waals surface area contributed by atoms with Crippen molar-refractivity contribution in [3.63, 3.8) is 0 Å². The number of piperidine rings is 1. The van der Waals surface area contributed by atoms with E-state index >= 15 is 0 Å². The topological polar surface area (TPSA) is 93.9 Å². The zero-order chi connectivity index (χ0) is 15.2. The first-order valence-corrected chi connectivity index (χ1v) is 6.92. The van der Waals surface area contributed by atoms with Crippen LogP contribution in [-0.2, 0) is 14.4 Å². The second-order valence-electron chi connectivity index (χ2n) is 5.93. The first-order valence-electron chi connectivity index (χ1n) is 6.92. The van der Waals surface area contributed by atoms with Crippen LogP contribution in [0.4, 0.5) is 4.79 Å². The van der Waals surface area contributed by atoms with Gasteiger partial charge < -0.3 is 15.4 Å². The lowest BCUT2D eigenvalue weighted by Gasteiger charge is -2.36. The van der Waals surface area contributed by atoms with E-state index in [1.54, 1.807) is 4.90 Å². The minimum Gasteiger partial charge on any atom is -0.444 e. The summed E-state index contributed by atoms with van der Waals surface area (Å²) >= 11 is 0. The molecule has 7 heteroatoms. The summed E-state index contributed by atoms with van der Waals surface area (Å²) in [4.78, 5) is 29.3. The fourth-order valence-corrected chi connectivity index (χ4v) is 2.05. The Hall–Kier alpha value is -1.34. The fourth-order valence-electron chi connectivity index (χ4n) is 2.05. The molecule has 1 fully saturated rings. The number of nitrogens with one attached hydrogen (secondary N) is 1. The van der Waals surface area contributed by atoms with Gasteiger partial charge in [0.25, 0.3) is 0 Å². The highest BCUT2D eigenvalue weighted by Crippen LogP contribution is 2.19.